The maximum absolute atomic E-state index is 13.9. The molecule has 5 aromatic rings. The number of pyridine rings is 1. The van der Waals surface area contributed by atoms with Crippen molar-refractivity contribution in [3.8, 4) is 11.9 Å². The third-order valence-corrected chi connectivity index (χ3v) is 6.19. The van der Waals surface area contributed by atoms with E-state index in [9.17, 15) is 19.2 Å². The first kappa shape index (κ1) is 25.5. The first-order valence-electron chi connectivity index (χ1n) is 11.6. The second-order valence-electron chi connectivity index (χ2n) is 8.48. The van der Waals surface area contributed by atoms with E-state index in [0.717, 1.165) is 0 Å². The topological polar surface area (TPSA) is 143 Å². The SMILES string of the molecule is CNC(=O)c1cc(C#N)cc(C)c1NC(=O)c1cc(Cn2nnc3ccc(F)cc32)nn1-c1ncccc1Cl. The molecule has 39 heavy (non-hydrogen) atoms. The molecule has 5 rings (SSSR count). The van der Waals surface area contributed by atoms with Gasteiger partial charge in [0.1, 0.15) is 17.0 Å². The van der Waals surface area contributed by atoms with Crippen molar-refractivity contribution in [3.05, 3.63) is 93.6 Å². The largest absolute Gasteiger partial charge is 0.355 e. The van der Waals surface area contributed by atoms with Crippen LogP contribution in [0.4, 0.5) is 10.1 Å². The molecule has 0 saturated heterocycles. The van der Waals surface area contributed by atoms with Crippen LogP contribution in [0.1, 0.15) is 37.7 Å². The molecule has 2 aromatic carbocycles. The minimum Gasteiger partial charge on any atom is -0.355 e. The average molecular weight is 544 g/mol. The average Bonchev–Trinajstić information content (AvgIpc) is 3.53. The first-order valence-corrected chi connectivity index (χ1v) is 11.9. The van der Waals surface area contributed by atoms with Crippen molar-refractivity contribution in [1.82, 2.24) is 35.1 Å². The van der Waals surface area contributed by atoms with Gasteiger partial charge in [-0.05, 0) is 55.0 Å². The predicted molar refractivity (Wildman–Crippen MR) is 140 cm³/mol. The summed E-state index contributed by atoms with van der Waals surface area (Å²) in [5, 5.41) is 27.5. The van der Waals surface area contributed by atoms with Crippen LogP contribution in [-0.4, -0.2) is 48.6 Å². The highest BCUT2D eigenvalue weighted by atomic mass is 35.5. The Morgan fingerprint density at radius 2 is 1.97 bits per heavy atom. The van der Waals surface area contributed by atoms with Gasteiger partial charge in [-0.15, -0.1) is 5.10 Å². The van der Waals surface area contributed by atoms with Gasteiger partial charge in [-0.25, -0.2) is 18.7 Å². The third kappa shape index (κ3) is 4.90. The number of nitrogens with zero attached hydrogens (tertiary/aromatic N) is 7. The molecule has 0 aliphatic heterocycles. The Kier molecular flexibility index (Phi) is 6.74. The van der Waals surface area contributed by atoms with Crippen LogP contribution in [0.5, 0.6) is 0 Å². The monoisotopic (exact) mass is 543 g/mol. The number of fused-ring (bicyclic) bond motifs is 1. The number of amides is 2. The molecule has 2 N–H and O–H groups in total. The van der Waals surface area contributed by atoms with Gasteiger partial charge in [0, 0.05) is 19.3 Å². The highest BCUT2D eigenvalue weighted by molar-refractivity contribution is 6.32. The second-order valence-corrected chi connectivity index (χ2v) is 8.89. The lowest BCUT2D eigenvalue weighted by Gasteiger charge is -2.14. The van der Waals surface area contributed by atoms with Gasteiger partial charge in [-0.1, -0.05) is 16.8 Å². The number of hydrogen-bond acceptors (Lipinski definition) is 7. The zero-order valence-electron chi connectivity index (χ0n) is 20.6. The molecular formula is C26H19ClFN9O2. The fourth-order valence-electron chi connectivity index (χ4n) is 4.08. The van der Waals surface area contributed by atoms with E-state index >= 15 is 0 Å². The van der Waals surface area contributed by atoms with Crippen molar-refractivity contribution in [2.75, 3.05) is 12.4 Å². The first-order chi connectivity index (χ1) is 18.8. The van der Waals surface area contributed by atoms with Gasteiger partial charge in [0.25, 0.3) is 11.8 Å². The van der Waals surface area contributed by atoms with E-state index in [4.69, 9.17) is 11.6 Å². The molecule has 0 unspecified atom stereocenters. The second kappa shape index (κ2) is 10.3. The lowest BCUT2D eigenvalue weighted by molar-refractivity contribution is 0.0964. The van der Waals surface area contributed by atoms with Crippen LogP contribution in [0.3, 0.4) is 0 Å². The Morgan fingerprint density at radius 3 is 2.72 bits per heavy atom. The molecule has 0 fully saturated rings. The minimum absolute atomic E-state index is 0.0628. The normalized spacial score (nSPS) is 10.8. The van der Waals surface area contributed by atoms with Gasteiger partial charge in [0.05, 0.1) is 45.7 Å². The zero-order chi connectivity index (χ0) is 27.7. The molecule has 0 spiro atoms. The quantitative estimate of drug-likeness (QED) is 0.333. The molecule has 3 aromatic heterocycles. The Balaban J connectivity index is 1.58. The maximum Gasteiger partial charge on any atom is 0.274 e. The summed E-state index contributed by atoms with van der Waals surface area (Å²) in [4.78, 5) is 30.5. The Morgan fingerprint density at radius 1 is 1.15 bits per heavy atom. The van der Waals surface area contributed by atoms with Crippen molar-refractivity contribution >= 4 is 40.1 Å². The van der Waals surface area contributed by atoms with Crippen molar-refractivity contribution in [2.45, 2.75) is 13.5 Å². The number of nitriles is 1. The number of aryl methyl sites for hydroxylation is 1. The van der Waals surface area contributed by atoms with Gasteiger partial charge in [0.15, 0.2) is 5.82 Å². The standard InChI is InChI=1S/C26H19ClFN9O2/c1-14-8-15(12-29)9-18(25(38)30-2)23(14)32-26(39)22-11-17(34-37(22)24-19(27)4-3-7-31-24)13-36-21-10-16(28)5-6-20(21)33-35-36/h3-11H,13H2,1-2H3,(H,30,38)(H,32,39). The van der Waals surface area contributed by atoms with Crippen LogP contribution in [0.15, 0.2) is 54.7 Å². The number of rotatable bonds is 6. The van der Waals surface area contributed by atoms with Crippen LogP contribution in [0.25, 0.3) is 16.9 Å². The summed E-state index contributed by atoms with van der Waals surface area (Å²) >= 11 is 6.38. The molecular weight excluding hydrogens is 525 g/mol. The highest BCUT2D eigenvalue weighted by Crippen LogP contribution is 2.26. The number of halogens is 2. The number of benzene rings is 2. The van der Waals surface area contributed by atoms with Crippen molar-refractivity contribution in [1.29, 1.82) is 5.26 Å². The molecule has 11 nitrogen and oxygen atoms in total. The van der Waals surface area contributed by atoms with Crippen LogP contribution >= 0.6 is 11.6 Å². The van der Waals surface area contributed by atoms with Crippen LogP contribution in [-0.2, 0) is 6.54 Å². The molecule has 194 valence electrons. The number of nitrogens with one attached hydrogen (secondary N) is 2. The number of carbonyl (C=O) groups is 2. The van der Waals surface area contributed by atoms with Crippen molar-refractivity contribution in [3.63, 3.8) is 0 Å². The summed E-state index contributed by atoms with van der Waals surface area (Å²) in [5.41, 5.74) is 2.55. The molecule has 0 aliphatic rings. The van der Waals surface area contributed by atoms with E-state index in [1.54, 1.807) is 25.1 Å². The van der Waals surface area contributed by atoms with E-state index in [2.05, 4.69) is 31.0 Å². The Labute approximate surface area is 225 Å². The zero-order valence-corrected chi connectivity index (χ0v) is 21.4. The van der Waals surface area contributed by atoms with Gasteiger partial charge >= 0.3 is 0 Å². The molecule has 0 atom stereocenters. The summed E-state index contributed by atoms with van der Waals surface area (Å²) in [6.07, 6.45) is 1.51. The summed E-state index contributed by atoms with van der Waals surface area (Å²) < 4.78 is 16.6. The summed E-state index contributed by atoms with van der Waals surface area (Å²) in [5.74, 6) is -1.32. The molecule has 0 radical (unpaired) electrons. The van der Waals surface area contributed by atoms with Gasteiger partial charge in [-0.2, -0.15) is 10.4 Å². The fourth-order valence-corrected chi connectivity index (χ4v) is 4.28. The number of aromatic nitrogens is 6. The van der Waals surface area contributed by atoms with Gasteiger partial charge in [0.2, 0.25) is 0 Å². The van der Waals surface area contributed by atoms with Crippen LogP contribution in [0, 0.1) is 24.1 Å². The Hall–Kier alpha value is -5.15. The molecule has 2 amide bonds. The smallest absolute Gasteiger partial charge is 0.274 e. The predicted octanol–water partition coefficient (Wildman–Crippen LogP) is 3.64. The minimum atomic E-state index is -0.608. The van der Waals surface area contributed by atoms with Crippen LogP contribution in [0.2, 0.25) is 5.02 Å². The lowest BCUT2D eigenvalue weighted by Crippen LogP contribution is -2.24. The molecule has 0 saturated carbocycles. The molecule has 3 heterocycles. The van der Waals surface area contributed by atoms with Gasteiger partial charge < -0.3 is 10.6 Å². The maximum atomic E-state index is 13.9. The van der Waals surface area contributed by atoms with Gasteiger partial charge in [-0.3, -0.25) is 9.59 Å². The number of anilines is 1. The third-order valence-electron chi connectivity index (χ3n) is 5.89. The van der Waals surface area contributed by atoms with E-state index in [1.165, 1.54) is 52.9 Å². The number of carbonyl (C=O) groups excluding carboxylic acids is 2. The van der Waals surface area contributed by atoms with Crippen molar-refractivity contribution < 1.29 is 14.0 Å². The summed E-state index contributed by atoms with van der Waals surface area (Å²) in [6.45, 7) is 1.74. The molecule has 0 bridgehead atoms. The Bertz CT molecular complexity index is 1810. The molecule has 0 aliphatic carbocycles. The lowest BCUT2D eigenvalue weighted by atomic mass is 10.0. The van der Waals surface area contributed by atoms with E-state index in [0.29, 0.717) is 22.3 Å². The molecule has 13 heteroatoms. The summed E-state index contributed by atoms with van der Waals surface area (Å²) in [7, 11) is 1.45. The number of hydrogen-bond donors (Lipinski definition) is 2. The summed E-state index contributed by atoms with van der Waals surface area (Å²) in [6, 6.07) is 13.9. The van der Waals surface area contributed by atoms with E-state index in [-0.39, 0.29) is 39.9 Å². The highest BCUT2D eigenvalue weighted by Gasteiger charge is 2.23. The van der Waals surface area contributed by atoms with E-state index < -0.39 is 17.6 Å². The van der Waals surface area contributed by atoms with Crippen LogP contribution < -0.4 is 10.6 Å². The van der Waals surface area contributed by atoms with E-state index in [1.807, 2.05) is 6.07 Å². The fraction of sp³-hybridized carbons (Fsp3) is 0.115. The van der Waals surface area contributed by atoms with Crippen molar-refractivity contribution in [2.24, 2.45) is 0 Å².